The van der Waals surface area contributed by atoms with Gasteiger partial charge in [0.05, 0.1) is 32.0 Å². The number of halogens is 3. The molecule has 3 aliphatic rings. The fraction of sp³-hybridized carbons (Fsp3) is 0.481. The van der Waals surface area contributed by atoms with Gasteiger partial charge in [0.2, 0.25) is 11.6 Å². The number of hydrogen-bond donors (Lipinski definition) is 5. The largest absolute Gasteiger partial charge is 0.494 e. The molecule has 22 nitrogen and oxygen atoms in total. The molecule has 0 radical (unpaired) electrons. The first-order chi connectivity index (χ1) is 50.6. The highest BCUT2D eigenvalue weighted by Crippen LogP contribution is 2.47. The summed E-state index contributed by atoms with van der Waals surface area (Å²) in [5, 5.41) is 48.7. The second-order valence-corrected chi connectivity index (χ2v) is 26.5. The molecule has 3 heterocycles. The minimum absolute atomic E-state index is 0.134. The molecule has 3 saturated heterocycles. The van der Waals surface area contributed by atoms with E-state index in [-0.39, 0.29) is 37.3 Å². The second-order valence-electron chi connectivity index (χ2n) is 25.3. The Morgan fingerprint density at radius 3 is 1.25 bits per heavy atom. The van der Waals surface area contributed by atoms with Gasteiger partial charge in [0, 0.05) is 87.1 Å². The molecule has 0 aromatic heterocycles. The Labute approximate surface area is 636 Å². The van der Waals surface area contributed by atoms with Crippen LogP contribution in [0.15, 0.2) is 127 Å². The van der Waals surface area contributed by atoms with E-state index in [1.165, 1.54) is 49.0 Å². The summed E-state index contributed by atoms with van der Waals surface area (Å²) in [7, 11) is 4.17. The molecule has 6 aromatic rings. The molecular weight excluding hydrogens is 1430 g/mol. The summed E-state index contributed by atoms with van der Waals surface area (Å²) in [6.07, 6.45) is -6.88. The Morgan fingerprint density at radius 1 is 0.472 bits per heavy atom. The minimum atomic E-state index is -1.74. The molecule has 0 spiro atoms. The minimum Gasteiger partial charge on any atom is -0.494 e. The van der Waals surface area contributed by atoms with Crippen molar-refractivity contribution >= 4 is 58.7 Å². The number of methoxy groups -OCH3 is 3. The van der Waals surface area contributed by atoms with Gasteiger partial charge < -0.3 is 87.1 Å². The van der Waals surface area contributed by atoms with Crippen molar-refractivity contribution in [1.29, 1.82) is 0 Å². The van der Waals surface area contributed by atoms with Crippen LogP contribution in [0.2, 0.25) is 15.1 Å². The zero-order valence-electron chi connectivity index (χ0n) is 62.5. The molecule has 0 unspecified atom stereocenters. The van der Waals surface area contributed by atoms with Crippen LogP contribution in [0.4, 0.5) is 0 Å². The lowest BCUT2D eigenvalue weighted by molar-refractivity contribution is -0.401. The Bertz CT molecular complexity index is 3820. The number of carbonyl (C=O) groups excluding carboxylic acids is 4. The Hall–Kier alpha value is -7.41. The number of aliphatic hydroxyl groups excluding tert-OH is 5. The number of aliphatic hydroxyl groups is 5. The van der Waals surface area contributed by atoms with E-state index in [4.69, 9.17) is 107 Å². The summed E-state index contributed by atoms with van der Waals surface area (Å²) in [5.41, 5.74) is 7.56. The van der Waals surface area contributed by atoms with Gasteiger partial charge >= 0.3 is 23.9 Å². The molecule has 25 heteroatoms. The van der Waals surface area contributed by atoms with Crippen LogP contribution in [0, 0.1) is 23.7 Å². The van der Waals surface area contributed by atoms with Crippen LogP contribution >= 0.6 is 34.8 Å². The number of esters is 4. The van der Waals surface area contributed by atoms with Crippen LogP contribution in [-0.4, -0.2) is 165 Å². The third kappa shape index (κ3) is 23.1. The Kier molecular flexibility index (Phi) is 35.0. The van der Waals surface area contributed by atoms with Gasteiger partial charge in [-0.2, -0.15) is 0 Å². The topological polar surface area (TPSA) is 289 Å². The van der Waals surface area contributed by atoms with Gasteiger partial charge in [0.15, 0.2) is 18.5 Å². The van der Waals surface area contributed by atoms with Crippen LogP contribution in [0.3, 0.4) is 0 Å². The standard InChI is InChI=1S/C28H35ClO7.C27H33ClO6.C22H27ClO7.C4H6O2/c1-7-25-17(3)26(34-18(4)30)27(35-19(5)31)28(32-6,36-25)22-11-14-24(29)21(16-22)15-20-9-12-23(13-10-20)33-8-2;1-6-24-16(3)25(32-17(4)29)27(33-18(5)30)26(34-24)20-10-13-23(28)21(15-20)14-19-8-11-22(12-9-19)31-7-2;1-4-29-16-8-5-13(6-9-16)11-14-12-15(7-10-17(14)23)22(28-3)20(26)18(24)19(25)21(27-2)30-22;5-3-1-2-4-6/h9-14,16-17,25-27H,7-8,15H2,1-6H3;8-13,15-16,24-27H,6-7,14H2,1-5H3;5-10,12,18-21,24-26H,4,11H2,1-3H3;5-6H,3-4H2/t17-,25-,26+,27-,28+;16-,24-,25+,26+,27-;18-,19-,20+,21-,22-;/m110./s1. The maximum atomic E-state index is 12.2. The highest BCUT2D eigenvalue weighted by atomic mass is 35.5. The molecule has 0 amide bonds. The van der Waals surface area contributed by atoms with Gasteiger partial charge in [-0.15, -0.1) is 0 Å². The van der Waals surface area contributed by atoms with E-state index in [1.54, 1.807) is 30.3 Å². The number of benzene rings is 6. The first-order valence-corrected chi connectivity index (χ1v) is 36.3. The van der Waals surface area contributed by atoms with Crippen LogP contribution in [0.1, 0.15) is 145 Å². The van der Waals surface area contributed by atoms with Crippen molar-refractivity contribution in [3.63, 3.8) is 0 Å². The van der Waals surface area contributed by atoms with Crippen molar-refractivity contribution in [3.05, 3.63) is 193 Å². The first kappa shape index (κ1) is 87.5. The average molecular weight is 1530 g/mol. The van der Waals surface area contributed by atoms with Gasteiger partial charge in [0.1, 0.15) is 67.1 Å². The van der Waals surface area contributed by atoms with Crippen molar-refractivity contribution in [2.24, 2.45) is 11.8 Å². The van der Waals surface area contributed by atoms with E-state index in [9.17, 15) is 34.5 Å². The van der Waals surface area contributed by atoms with E-state index in [0.29, 0.717) is 71.7 Å². The zero-order chi connectivity index (χ0) is 78.0. The molecule has 15 atom stereocenters. The van der Waals surface area contributed by atoms with Crippen molar-refractivity contribution in [1.82, 2.24) is 0 Å². The maximum Gasteiger partial charge on any atom is 0.303 e. The highest BCUT2D eigenvalue weighted by Gasteiger charge is 2.59. The molecule has 9 rings (SSSR count). The van der Waals surface area contributed by atoms with Gasteiger partial charge in [-0.1, -0.05) is 135 Å². The van der Waals surface area contributed by atoms with E-state index < -0.39 is 90.6 Å². The van der Waals surface area contributed by atoms with Crippen LogP contribution in [-0.2, 0) is 97.4 Å². The first-order valence-electron chi connectivity index (χ1n) is 35.2. The number of rotatable bonds is 24. The predicted molar refractivity (Wildman–Crippen MR) is 398 cm³/mol. The van der Waals surface area contributed by atoms with Gasteiger partial charge in [-0.05, 0) is 159 Å². The molecule has 3 fully saturated rings. The third-order valence-electron chi connectivity index (χ3n) is 18.1. The molecular formula is C81H101Cl3O22. The normalized spacial score (nSPS) is 25.1. The second kappa shape index (κ2) is 42.4. The van der Waals surface area contributed by atoms with Crippen molar-refractivity contribution in [2.45, 2.75) is 187 Å². The lowest BCUT2D eigenvalue weighted by atomic mass is 9.81. The third-order valence-corrected chi connectivity index (χ3v) is 19.2. The molecule has 106 heavy (non-hydrogen) atoms. The Balaban J connectivity index is 0.000000240. The lowest BCUT2D eigenvalue weighted by Gasteiger charge is -2.50. The fourth-order valence-electron chi connectivity index (χ4n) is 13.0. The van der Waals surface area contributed by atoms with Gasteiger partial charge in [-0.25, -0.2) is 0 Å². The molecule has 0 bridgehead atoms. The van der Waals surface area contributed by atoms with Crippen molar-refractivity contribution < 1.29 is 106 Å². The van der Waals surface area contributed by atoms with Crippen molar-refractivity contribution in [3.8, 4) is 29.1 Å². The van der Waals surface area contributed by atoms with E-state index in [0.717, 1.165) is 62.6 Å². The van der Waals surface area contributed by atoms with Crippen molar-refractivity contribution in [2.75, 3.05) is 54.4 Å². The molecule has 0 aliphatic carbocycles. The molecule has 5 N–H and O–H groups in total. The van der Waals surface area contributed by atoms with Gasteiger partial charge in [-0.3, -0.25) is 19.2 Å². The summed E-state index contributed by atoms with van der Waals surface area (Å²) in [5.74, 6) is 1.42. The average Bonchev–Trinajstić information content (AvgIpc) is 0.751. The van der Waals surface area contributed by atoms with Gasteiger partial charge in [0.25, 0.3) is 0 Å². The summed E-state index contributed by atoms with van der Waals surface area (Å²) in [4.78, 5) is 48.0. The smallest absolute Gasteiger partial charge is 0.303 e. The summed E-state index contributed by atoms with van der Waals surface area (Å²) in [6, 6.07) is 39.6. The molecule has 6 aromatic carbocycles. The molecule has 3 aliphatic heterocycles. The van der Waals surface area contributed by atoms with Crippen LogP contribution in [0.25, 0.3) is 0 Å². The van der Waals surface area contributed by atoms with E-state index in [1.807, 2.05) is 146 Å². The quantitative estimate of drug-likeness (QED) is 0.0214. The number of hydrogen-bond acceptors (Lipinski definition) is 22. The van der Waals surface area contributed by atoms with Crippen LogP contribution in [0.5, 0.6) is 17.2 Å². The molecule has 578 valence electrons. The lowest BCUT2D eigenvalue weighted by Crippen LogP contribution is -2.63. The fourth-order valence-corrected chi connectivity index (χ4v) is 13.5. The Morgan fingerprint density at radius 2 is 0.858 bits per heavy atom. The van der Waals surface area contributed by atoms with E-state index >= 15 is 0 Å². The number of ether oxygens (including phenoxy) is 13. The number of carbonyl (C=O) groups is 4. The zero-order valence-corrected chi connectivity index (χ0v) is 64.8. The monoisotopic (exact) mass is 1530 g/mol. The summed E-state index contributed by atoms with van der Waals surface area (Å²) >= 11 is 19.6. The predicted octanol–water partition coefficient (Wildman–Crippen LogP) is 12.3. The molecule has 0 saturated carbocycles. The summed E-state index contributed by atoms with van der Waals surface area (Å²) < 4.78 is 74.7. The van der Waals surface area contributed by atoms with Crippen LogP contribution < -0.4 is 14.2 Å². The maximum absolute atomic E-state index is 12.2. The summed E-state index contributed by atoms with van der Waals surface area (Å²) in [6.45, 7) is 20.5. The highest BCUT2D eigenvalue weighted by molar-refractivity contribution is 6.32. The van der Waals surface area contributed by atoms with E-state index in [2.05, 4.69) is 11.8 Å². The SMILES string of the molecule is CCOc1ccc(Cc2cc([C@@H]3O[C@H](CC)[C@@H](C)[C@H](OC(C)=O)[C@H]3OC(C)=O)ccc2Cl)cc1.CCOc1ccc(Cc2cc([C@]3(OC)O[C@H](CC)[C@@H](C)[C@H](OC(C)=O)[C@H]3OC(C)=O)ccc2Cl)cc1.CCOc1ccc(Cc2cc([C@]3(OC)O[C@H](OC)[C@@H](O)[C@H](O)[C@H]3O)ccc2Cl)cc1.OCC#CCO.